The fraction of sp³-hybridized carbons (Fsp3) is 0.167. The second-order valence-electron chi connectivity index (χ2n) is 7.36. The highest BCUT2D eigenvalue weighted by Gasteiger charge is 2.33. The monoisotopic (exact) mass is 497 g/mol. The molecule has 1 aromatic heterocycles. The number of nitrogens with one attached hydrogen (secondary N) is 1. The number of carboxylic acid groups (broad SMARTS) is 1. The molecule has 1 atom stereocenters. The summed E-state index contributed by atoms with van der Waals surface area (Å²) in [5, 5.41) is 12.3. The van der Waals surface area contributed by atoms with E-state index in [-0.39, 0.29) is 22.8 Å². The highest BCUT2D eigenvalue weighted by Crippen LogP contribution is 2.30. The van der Waals surface area contributed by atoms with Gasteiger partial charge in [0.1, 0.15) is 4.53 Å². The van der Waals surface area contributed by atoms with Gasteiger partial charge in [0.2, 0.25) is 0 Å². The lowest BCUT2D eigenvalue weighted by Gasteiger charge is -2.24. The Morgan fingerprint density at radius 3 is 2.68 bits per heavy atom. The minimum atomic E-state index is -1.15. The molecule has 2 aromatic carbocycles. The number of anilines is 1. The van der Waals surface area contributed by atoms with E-state index in [1.807, 2.05) is 30.3 Å². The lowest BCUT2D eigenvalue weighted by atomic mass is 9.96. The first-order valence-corrected chi connectivity index (χ1v) is 11.5. The zero-order valence-electron chi connectivity index (χ0n) is 18.2. The van der Waals surface area contributed by atoms with Gasteiger partial charge in [0.15, 0.2) is 4.80 Å². The van der Waals surface area contributed by atoms with Crippen molar-refractivity contribution < 1.29 is 19.4 Å². The maximum absolute atomic E-state index is 13.4. The number of carbonyl (C=O) groups excluding carboxylic acids is 1. The summed E-state index contributed by atoms with van der Waals surface area (Å²) in [4.78, 5) is 42.5. The highest BCUT2D eigenvalue weighted by molar-refractivity contribution is 7.07. The molecule has 0 amide bonds. The predicted octanol–water partition coefficient (Wildman–Crippen LogP) is 3.17. The summed E-state index contributed by atoms with van der Waals surface area (Å²) in [6, 6.07) is 13.0. The number of hydrogen-bond donors (Lipinski definition) is 2. The van der Waals surface area contributed by atoms with Crippen molar-refractivity contribution in [2.45, 2.75) is 19.9 Å². The van der Waals surface area contributed by atoms with Crippen LogP contribution in [0.1, 0.15) is 35.8 Å². The molecule has 1 aliphatic heterocycles. The molecule has 34 heavy (non-hydrogen) atoms. The van der Waals surface area contributed by atoms with Crippen molar-refractivity contribution in [2.24, 2.45) is 4.99 Å². The van der Waals surface area contributed by atoms with Crippen LogP contribution in [0.15, 0.2) is 69.6 Å². The quantitative estimate of drug-likeness (QED) is 0.506. The number of rotatable bonds is 6. The number of allylic oxidation sites excluding steroid dienone is 1. The van der Waals surface area contributed by atoms with E-state index in [1.54, 1.807) is 19.9 Å². The van der Waals surface area contributed by atoms with Crippen molar-refractivity contribution in [1.82, 2.24) is 4.57 Å². The van der Waals surface area contributed by atoms with Gasteiger partial charge in [-0.3, -0.25) is 9.36 Å². The molecule has 0 saturated carbocycles. The molecular formula is C24H20ClN3O5S. The maximum atomic E-state index is 13.4. The van der Waals surface area contributed by atoms with E-state index >= 15 is 0 Å². The van der Waals surface area contributed by atoms with Crippen LogP contribution in [0.3, 0.4) is 0 Å². The number of ether oxygens (including phenoxy) is 1. The number of carbonyl (C=O) groups is 2. The number of fused-ring (bicyclic) bond motifs is 1. The third-order valence-electron chi connectivity index (χ3n) is 5.20. The first-order chi connectivity index (χ1) is 16.3. The Balaban J connectivity index is 1.82. The van der Waals surface area contributed by atoms with E-state index in [9.17, 15) is 19.5 Å². The number of halogens is 1. The van der Waals surface area contributed by atoms with Crippen LogP contribution in [-0.4, -0.2) is 28.2 Å². The third-order valence-corrected chi connectivity index (χ3v) is 6.51. The Labute approximate surface area is 203 Å². The lowest BCUT2D eigenvalue weighted by Crippen LogP contribution is -2.40. The van der Waals surface area contributed by atoms with E-state index in [2.05, 4.69) is 10.3 Å². The summed E-state index contributed by atoms with van der Waals surface area (Å²) >= 11 is 7.09. The van der Waals surface area contributed by atoms with Gasteiger partial charge >= 0.3 is 11.9 Å². The summed E-state index contributed by atoms with van der Waals surface area (Å²) in [5.41, 5.74) is 1.60. The summed E-state index contributed by atoms with van der Waals surface area (Å²) < 4.78 is 7.08. The first-order valence-electron chi connectivity index (χ1n) is 10.3. The molecule has 0 fully saturated rings. The highest BCUT2D eigenvalue weighted by atomic mass is 35.5. The predicted molar refractivity (Wildman–Crippen MR) is 130 cm³/mol. The second kappa shape index (κ2) is 9.66. The number of nitrogens with zero attached hydrogens (tertiary/aromatic N) is 2. The molecule has 10 heteroatoms. The maximum Gasteiger partial charge on any atom is 0.338 e. The van der Waals surface area contributed by atoms with Gasteiger partial charge in [-0.2, -0.15) is 0 Å². The smallest absolute Gasteiger partial charge is 0.338 e. The summed E-state index contributed by atoms with van der Waals surface area (Å²) in [6.45, 7) is 3.64. The van der Waals surface area contributed by atoms with Gasteiger partial charge in [-0.15, -0.1) is 0 Å². The van der Waals surface area contributed by atoms with E-state index in [0.29, 0.717) is 26.3 Å². The van der Waals surface area contributed by atoms with Gasteiger partial charge in [0, 0.05) is 11.9 Å². The normalized spacial score (nSPS) is 15.5. The third kappa shape index (κ3) is 4.40. The summed E-state index contributed by atoms with van der Waals surface area (Å²) in [5.74, 6) is -1.68. The SMILES string of the molecule is CCOC(=O)C1=C(C)N=c2s/c(=C\Nc3ccc(Cl)c(C(=O)O)c3)c(=O)n2[C@H]1c1ccccc1. The average Bonchev–Trinajstić information content (AvgIpc) is 3.12. The molecule has 2 heterocycles. The number of thiazole rings is 1. The zero-order chi connectivity index (χ0) is 24.4. The molecule has 0 aliphatic carbocycles. The van der Waals surface area contributed by atoms with Crippen LogP contribution < -0.4 is 20.2 Å². The van der Waals surface area contributed by atoms with Crippen molar-refractivity contribution in [1.29, 1.82) is 0 Å². The van der Waals surface area contributed by atoms with Gasteiger partial charge in [-0.25, -0.2) is 14.6 Å². The number of aromatic carboxylic acids is 1. The average molecular weight is 498 g/mol. The van der Waals surface area contributed by atoms with Gasteiger partial charge in [-0.1, -0.05) is 53.3 Å². The molecule has 0 radical (unpaired) electrons. The van der Waals surface area contributed by atoms with Crippen LogP contribution in [0.5, 0.6) is 0 Å². The molecule has 0 saturated heterocycles. The van der Waals surface area contributed by atoms with Gasteiger partial charge in [0.25, 0.3) is 5.56 Å². The molecule has 1 aliphatic rings. The number of benzene rings is 2. The molecule has 4 rings (SSSR count). The van der Waals surface area contributed by atoms with Crippen molar-refractivity contribution in [3.63, 3.8) is 0 Å². The fourth-order valence-electron chi connectivity index (χ4n) is 3.67. The standard InChI is InChI=1S/C24H20ClN3O5S/c1-3-33-23(32)19-13(2)27-24-28(20(19)14-7-5-4-6-8-14)21(29)18(34-24)12-26-15-9-10-17(25)16(11-15)22(30)31/h4-12,20,26H,3H2,1-2H3,(H,30,31)/b18-12-/t20-/m0/s1. The second-order valence-corrected chi connectivity index (χ2v) is 8.77. The lowest BCUT2D eigenvalue weighted by molar-refractivity contribution is -0.139. The Morgan fingerprint density at radius 2 is 2.00 bits per heavy atom. The van der Waals surface area contributed by atoms with Crippen LogP contribution in [-0.2, 0) is 9.53 Å². The van der Waals surface area contributed by atoms with Gasteiger partial charge in [0.05, 0.1) is 34.5 Å². The topological polar surface area (TPSA) is 110 Å². The van der Waals surface area contributed by atoms with Crippen molar-refractivity contribution in [3.8, 4) is 0 Å². The van der Waals surface area contributed by atoms with Gasteiger partial charge in [-0.05, 0) is 37.6 Å². The molecule has 0 spiro atoms. The van der Waals surface area contributed by atoms with E-state index in [4.69, 9.17) is 16.3 Å². The van der Waals surface area contributed by atoms with E-state index in [1.165, 1.54) is 22.9 Å². The number of esters is 1. The largest absolute Gasteiger partial charge is 0.478 e. The molecule has 3 aromatic rings. The van der Waals surface area contributed by atoms with Crippen molar-refractivity contribution >= 4 is 46.8 Å². The molecular weight excluding hydrogens is 478 g/mol. The Hall–Kier alpha value is -3.69. The fourth-order valence-corrected chi connectivity index (χ4v) is 4.84. The number of carboxylic acids is 1. The van der Waals surface area contributed by atoms with Crippen LogP contribution >= 0.6 is 22.9 Å². The van der Waals surface area contributed by atoms with Crippen molar-refractivity contribution in [2.75, 3.05) is 11.9 Å². The number of aromatic nitrogens is 1. The van der Waals surface area contributed by atoms with Gasteiger partial charge < -0.3 is 15.2 Å². The number of hydrogen-bond acceptors (Lipinski definition) is 7. The van der Waals surface area contributed by atoms with Crippen LogP contribution in [0.4, 0.5) is 5.69 Å². The zero-order valence-corrected chi connectivity index (χ0v) is 19.8. The molecule has 2 N–H and O–H groups in total. The van der Waals surface area contributed by atoms with E-state index < -0.39 is 18.0 Å². The van der Waals surface area contributed by atoms with Crippen LogP contribution in [0.25, 0.3) is 6.20 Å². The minimum absolute atomic E-state index is 0.0553. The molecule has 0 bridgehead atoms. The van der Waals surface area contributed by atoms with Crippen LogP contribution in [0, 0.1) is 0 Å². The minimum Gasteiger partial charge on any atom is -0.478 e. The van der Waals surface area contributed by atoms with Crippen molar-refractivity contribution in [3.05, 3.63) is 95.6 Å². The Kier molecular flexibility index (Phi) is 6.67. The Morgan fingerprint density at radius 1 is 1.26 bits per heavy atom. The van der Waals surface area contributed by atoms with E-state index in [0.717, 1.165) is 16.9 Å². The molecule has 174 valence electrons. The molecule has 0 unspecified atom stereocenters. The summed E-state index contributed by atoms with van der Waals surface area (Å²) in [7, 11) is 0. The van der Waals surface area contributed by atoms with Crippen LogP contribution in [0.2, 0.25) is 5.02 Å². The Bertz CT molecular complexity index is 1490. The first kappa shape index (κ1) is 23.5. The summed E-state index contributed by atoms with van der Waals surface area (Å²) in [6.07, 6.45) is 1.49. The molecule has 8 nitrogen and oxygen atoms in total.